The molecule has 32 heavy (non-hydrogen) atoms. The van der Waals surface area contributed by atoms with Crippen LogP contribution in [0.2, 0.25) is 0 Å². The number of hydrogen-bond acceptors (Lipinski definition) is 7. The molecule has 2 aromatic carbocycles. The molecule has 0 bridgehead atoms. The minimum atomic E-state index is -3.47. The van der Waals surface area contributed by atoms with Crippen LogP contribution in [0.4, 0.5) is 11.5 Å². The molecule has 0 spiro atoms. The van der Waals surface area contributed by atoms with E-state index in [-0.39, 0.29) is 4.90 Å². The summed E-state index contributed by atoms with van der Waals surface area (Å²) >= 11 is 0. The number of rotatable bonds is 5. The van der Waals surface area contributed by atoms with Gasteiger partial charge in [-0.3, -0.25) is 5.10 Å². The van der Waals surface area contributed by atoms with Crippen LogP contribution in [0, 0.1) is 0 Å². The van der Waals surface area contributed by atoms with Crippen LogP contribution in [-0.4, -0.2) is 61.8 Å². The highest BCUT2D eigenvalue weighted by molar-refractivity contribution is 7.89. The van der Waals surface area contributed by atoms with E-state index in [9.17, 15) is 8.42 Å². The van der Waals surface area contributed by atoms with Crippen LogP contribution in [0.3, 0.4) is 0 Å². The highest BCUT2D eigenvalue weighted by Gasteiger charge is 2.22. The van der Waals surface area contributed by atoms with E-state index >= 15 is 0 Å². The zero-order valence-electron chi connectivity index (χ0n) is 17.6. The zero-order valence-corrected chi connectivity index (χ0v) is 18.4. The van der Waals surface area contributed by atoms with Gasteiger partial charge in [-0.15, -0.1) is 0 Å². The fourth-order valence-corrected chi connectivity index (χ4v) is 4.79. The maximum atomic E-state index is 12.2. The first-order valence-electron chi connectivity index (χ1n) is 10.3. The van der Waals surface area contributed by atoms with Crippen molar-refractivity contribution >= 4 is 32.4 Å². The molecular weight excluding hydrogens is 426 g/mol. The first-order chi connectivity index (χ1) is 15.5. The predicted octanol–water partition coefficient (Wildman–Crippen LogP) is 2.25. The molecule has 0 saturated carbocycles. The number of nitrogens with zero attached hydrogens (tertiary/aromatic N) is 5. The van der Waals surface area contributed by atoms with E-state index in [1.807, 2.05) is 24.4 Å². The van der Waals surface area contributed by atoms with E-state index in [2.05, 4.69) is 40.8 Å². The SMILES string of the molecule is CNS(=O)(=O)c1cccc(N2CCN(c3ncnc4ccc(-c5cn[nH]c5)cc34)CC2)c1. The van der Waals surface area contributed by atoms with Crippen LogP contribution in [0.1, 0.15) is 0 Å². The number of fused-ring (bicyclic) bond motifs is 1. The molecule has 0 atom stereocenters. The fraction of sp³-hybridized carbons (Fsp3) is 0.227. The van der Waals surface area contributed by atoms with E-state index in [1.165, 1.54) is 7.05 Å². The van der Waals surface area contributed by atoms with Gasteiger partial charge in [0.15, 0.2) is 0 Å². The lowest BCUT2D eigenvalue weighted by Gasteiger charge is -2.37. The summed E-state index contributed by atoms with van der Waals surface area (Å²) in [7, 11) is -2.05. The molecule has 0 radical (unpaired) electrons. The van der Waals surface area contributed by atoms with Gasteiger partial charge in [0.05, 0.1) is 16.6 Å². The second kappa shape index (κ2) is 8.21. The van der Waals surface area contributed by atoms with Crippen molar-refractivity contribution in [1.29, 1.82) is 0 Å². The predicted molar refractivity (Wildman–Crippen MR) is 124 cm³/mol. The molecule has 3 heterocycles. The second-order valence-corrected chi connectivity index (χ2v) is 9.48. The Morgan fingerprint density at radius 2 is 1.78 bits per heavy atom. The topological polar surface area (TPSA) is 107 Å². The van der Waals surface area contributed by atoms with Crippen LogP contribution in [0.25, 0.3) is 22.0 Å². The number of anilines is 2. The molecule has 0 amide bonds. The van der Waals surface area contributed by atoms with Crippen LogP contribution >= 0.6 is 0 Å². The Kier molecular flexibility index (Phi) is 5.24. The van der Waals surface area contributed by atoms with Crippen LogP contribution in [0.15, 0.2) is 66.1 Å². The molecule has 2 aromatic heterocycles. The Bertz CT molecular complexity index is 1350. The molecule has 0 unspecified atom stereocenters. The first kappa shape index (κ1) is 20.4. The molecule has 1 saturated heterocycles. The highest BCUT2D eigenvalue weighted by Crippen LogP contribution is 2.29. The Balaban J connectivity index is 1.39. The van der Waals surface area contributed by atoms with Crippen molar-refractivity contribution in [3.63, 3.8) is 0 Å². The number of aromatic nitrogens is 4. The van der Waals surface area contributed by atoms with E-state index in [1.54, 1.807) is 30.7 Å². The third kappa shape index (κ3) is 3.78. The number of H-pyrrole nitrogens is 1. The second-order valence-electron chi connectivity index (χ2n) is 7.60. The molecule has 5 rings (SSSR count). The van der Waals surface area contributed by atoms with Crippen molar-refractivity contribution in [2.24, 2.45) is 0 Å². The molecule has 2 N–H and O–H groups in total. The number of sulfonamides is 1. The summed E-state index contributed by atoms with van der Waals surface area (Å²) in [5.74, 6) is 0.909. The molecule has 0 aliphatic carbocycles. The van der Waals surface area contributed by atoms with E-state index in [0.29, 0.717) is 0 Å². The minimum Gasteiger partial charge on any atom is -0.368 e. The fourth-order valence-electron chi connectivity index (χ4n) is 4.03. The summed E-state index contributed by atoms with van der Waals surface area (Å²) in [6, 6.07) is 13.2. The number of benzene rings is 2. The smallest absolute Gasteiger partial charge is 0.240 e. The standard InChI is InChI=1S/C22H23N7O2S/c1-23-32(30,31)19-4-2-3-18(12-19)28-7-9-29(10-8-28)22-20-11-16(17-13-26-27-14-17)5-6-21(20)24-15-25-22/h2-6,11-15,23H,7-10H2,1H3,(H,26,27). The molecule has 1 aliphatic rings. The molecular formula is C22H23N7O2S. The molecule has 164 valence electrons. The van der Waals surface area contributed by atoms with Gasteiger partial charge >= 0.3 is 0 Å². The quantitative estimate of drug-likeness (QED) is 0.481. The van der Waals surface area contributed by atoms with Crippen molar-refractivity contribution in [2.45, 2.75) is 4.90 Å². The molecule has 1 fully saturated rings. The van der Waals surface area contributed by atoms with Gasteiger partial charge in [-0.2, -0.15) is 5.10 Å². The lowest BCUT2D eigenvalue weighted by atomic mass is 10.1. The maximum absolute atomic E-state index is 12.2. The largest absolute Gasteiger partial charge is 0.368 e. The summed E-state index contributed by atoms with van der Waals surface area (Å²) in [5.41, 5.74) is 3.87. The van der Waals surface area contributed by atoms with Gasteiger partial charge in [0, 0.05) is 49.0 Å². The van der Waals surface area contributed by atoms with Gasteiger partial charge in [0.25, 0.3) is 0 Å². The normalized spacial score (nSPS) is 14.8. The Morgan fingerprint density at radius 3 is 2.53 bits per heavy atom. The first-order valence-corrected chi connectivity index (χ1v) is 11.8. The van der Waals surface area contributed by atoms with E-state index < -0.39 is 10.0 Å². The molecule has 4 aromatic rings. The number of piperazine rings is 1. The average Bonchev–Trinajstić information content (AvgIpc) is 3.39. The third-order valence-corrected chi connectivity index (χ3v) is 7.20. The molecule has 1 aliphatic heterocycles. The van der Waals surface area contributed by atoms with Crippen LogP contribution < -0.4 is 14.5 Å². The zero-order chi connectivity index (χ0) is 22.1. The number of nitrogens with one attached hydrogen (secondary N) is 2. The van der Waals surface area contributed by atoms with Crippen molar-refractivity contribution in [3.05, 3.63) is 61.2 Å². The Labute approximate surface area is 186 Å². The number of hydrogen-bond donors (Lipinski definition) is 2. The summed E-state index contributed by atoms with van der Waals surface area (Å²) in [4.78, 5) is 13.8. The average molecular weight is 450 g/mol. The maximum Gasteiger partial charge on any atom is 0.240 e. The minimum absolute atomic E-state index is 0.272. The molecule has 10 heteroatoms. The summed E-state index contributed by atoms with van der Waals surface area (Å²) in [5, 5.41) is 7.90. The Hall–Kier alpha value is -3.50. The van der Waals surface area contributed by atoms with Crippen molar-refractivity contribution in [1.82, 2.24) is 24.9 Å². The lowest BCUT2D eigenvalue weighted by Crippen LogP contribution is -2.47. The van der Waals surface area contributed by atoms with Crippen LogP contribution in [-0.2, 0) is 10.0 Å². The monoisotopic (exact) mass is 449 g/mol. The summed E-state index contributed by atoms with van der Waals surface area (Å²) in [6.45, 7) is 3.06. The summed E-state index contributed by atoms with van der Waals surface area (Å²) in [6.07, 6.45) is 5.27. The highest BCUT2D eigenvalue weighted by atomic mass is 32.2. The van der Waals surface area contributed by atoms with Crippen molar-refractivity contribution in [2.75, 3.05) is 43.0 Å². The van der Waals surface area contributed by atoms with Gasteiger partial charge in [-0.05, 0) is 42.9 Å². The summed E-state index contributed by atoms with van der Waals surface area (Å²) < 4.78 is 26.7. The van der Waals surface area contributed by atoms with Gasteiger partial charge in [-0.25, -0.2) is 23.1 Å². The van der Waals surface area contributed by atoms with E-state index in [4.69, 9.17) is 0 Å². The third-order valence-electron chi connectivity index (χ3n) is 5.79. The van der Waals surface area contributed by atoms with Crippen molar-refractivity contribution < 1.29 is 8.42 Å². The van der Waals surface area contributed by atoms with Crippen molar-refractivity contribution in [3.8, 4) is 11.1 Å². The van der Waals surface area contributed by atoms with E-state index in [0.717, 1.165) is 59.7 Å². The Morgan fingerprint density at radius 1 is 0.969 bits per heavy atom. The van der Waals surface area contributed by atoms with Gasteiger partial charge in [-0.1, -0.05) is 12.1 Å². The van der Waals surface area contributed by atoms with Crippen LogP contribution in [0.5, 0.6) is 0 Å². The van der Waals surface area contributed by atoms with Gasteiger partial charge in [0.1, 0.15) is 12.1 Å². The van der Waals surface area contributed by atoms with Gasteiger partial charge in [0.2, 0.25) is 10.0 Å². The number of aromatic amines is 1. The molecule has 9 nitrogen and oxygen atoms in total. The van der Waals surface area contributed by atoms with Gasteiger partial charge < -0.3 is 9.80 Å². The lowest BCUT2D eigenvalue weighted by molar-refractivity contribution is 0.588.